The Bertz CT molecular complexity index is 467. The summed E-state index contributed by atoms with van der Waals surface area (Å²) < 4.78 is 10.5. The van der Waals surface area contributed by atoms with Crippen LogP contribution in [0.2, 0.25) is 0 Å². The molecule has 1 fully saturated rings. The predicted octanol–water partition coefficient (Wildman–Crippen LogP) is 2.63. The van der Waals surface area contributed by atoms with Crippen LogP contribution in [0.4, 0.5) is 5.69 Å². The zero-order chi connectivity index (χ0) is 15.1. The molecule has 1 saturated carbocycles. The lowest BCUT2D eigenvalue weighted by Crippen LogP contribution is -2.24. The van der Waals surface area contributed by atoms with E-state index < -0.39 is 0 Å². The summed E-state index contributed by atoms with van der Waals surface area (Å²) >= 11 is 0. The number of hydrogen-bond acceptors (Lipinski definition) is 3. The Morgan fingerprint density at radius 2 is 2.05 bits per heavy atom. The van der Waals surface area contributed by atoms with E-state index in [1.807, 2.05) is 31.2 Å². The van der Waals surface area contributed by atoms with Crippen molar-refractivity contribution in [1.29, 1.82) is 0 Å². The molecule has 0 aliphatic heterocycles. The number of nitrogens with two attached hydrogens (primary N) is 1. The monoisotopic (exact) mass is 291 g/mol. The van der Waals surface area contributed by atoms with Crippen molar-refractivity contribution in [3.8, 4) is 5.75 Å². The second-order valence-electron chi connectivity index (χ2n) is 5.50. The van der Waals surface area contributed by atoms with E-state index in [1.54, 1.807) is 7.11 Å². The smallest absolute Gasteiger partial charge is 0.193 e. The summed E-state index contributed by atoms with van der Waals surface area (Å²) in [6.45, 7) is 4.39. The van der Waals surface area contributed by atoms with Crippen LogP contribution in [-0.4, -0.2) is 32.8 Å². The summed E-state index contributed by atoms with van der Waals surface area (Å²) in [4.78, 5) is 4.47. The molecule has 1 aliphatic rings. The fourth-order valence-corrected chi connectivity index (χ4v) is 2.21. The van der Waals surface area contributed by atoms with E-state index in [4.69, 9.17) is 15.2 Å². The van der Waals surface area contributed by atoms with Gasteiger partial charge in [-0.25, -0.2) is 0 Å². The van der Waals surface area contributed by atoms with Crippen molar-refractivity contribution in [1.82, 2.24) is 0 Å². The summed E-state index contributed by atoms with van der Waals surface area (Å²) in [5.41, 5.74) is 7.18. The highest BCUT2D eigenvalue weighted by atomic mass is 16.5. The predicted molar refractivity (Wildman–Crippen MR) is 85.9 cm³/mol. The number of hydrogen-bond donors (Lipinski definition) is 2. The average molecular weight is 291 g/mol. The zero-order valence-corrected chi connectivity index (χ0v) is 12.9. The molecular weight excluding hydrogens is 266 g/mol. The van der Waals surface area contributed by atoms with Gasteiger partial charge in [-0.2, -0.15) is 0 Å². The van der Waals surface area contributed by atoms with Crippen LogP contribution in [0.25, 0.3) is 0 Å². The molecule has 21 heavy (non-hydrogen) atoms. The Kier molecular flexibility index (Phi) is 5.44. The first kappa shape index (κ1) is 15.6. The molecule has 3 N–H and O–H groups in total. The second kappa shape index (κ2) is 7.31. The molecule has 5 heteroatoms. The number of ether oxygens (including phenoxy) is 2. The van der Waals surface area contributed by atoms with E-state index in [-0.39, 0.29) is 0 Å². The first-order valence-electron chi connectivity index (χ1n) is 7.46. The standard InChI is InChI=1S/C16H25N3O2/c1-3-21-11-10-16(8-9-16)12-18-15(17)19-13-4-6-14(20-2)7-5-13/h4-7H,3,8-12H2,1-2H3,(H3,17,18,19). The molecule has 5 nitrogen and oxygen atoms in total. The van der Waals surface area contributed by atoms with Gasteiger partial charge in [-0.1, -0.05) is 0 Å². The van der Waals surface area contributed by atoms with Crippen LogP contribution < -0.4 is 15.8 Å². The van der Waals surface area contributed by atoms with Gasteiger partial charge in [0.25, 0.3) is 0 Å². The van der Waals surface area contributed by atoms with Crippen LogP contribution in [-0.2, 0) is 4.74 Å². The molecule has 0 radical (unpaired) electrons. The normalized spacial score (nSPS) is 16.6. The summed E-state index contributed by atoms with van der Waals surface area (Å²) in [6.07, 6.45) is 3.51. The van der Waals surface area contributed by atoms with E-state index in [1.165, 1.54) is 12.8 Å². The van der Waals surface area contributed by atoms with Gasteiger partial charge in [0.05, 0.1) is 7.11 Å². The number of methoxy groups -OCH3 is 1. The van der Waals surface area contributed by atoms with Gasteiger partial charge in [0, 0.05) is 25.4 Å². The first-order valence-corrected chi connectivity index (χ1v) is 7.46. The quantitative estimate of drug-likeness (QED) is 0.439. The van der Waals surface area contributed by atoms with Gasteiger partial charge < -0.3 is 20.5 Å². The SMILES string of the molecule is CCOCCC1(CN=C(N)Nc2ccc(OC)cc2)CC1. The van der Waals surface area contributed by atoms with Crippen molar-refractivity contribution in [2.75, 3.05) is 32.2 Å². The molecule has 0 unspecified atom stereocenters. The molecule has 0 spiro atoms. The van der Waals surface area contributed by atoms with Crippen molar-refractivity contribution in [3.63, 3.8) is 0 Å². The van der Waals surface area contributed by atoms with Gasteiger partial charge in [-0.3, -0.25) is 4.99 Å². The number of nitrogens with one attached hydrogen (secondary N) is 1. The molecule has 116 valence electrons. The maximum absolute atomic E-state index is 5.94. The van der Waals surface area contributed by atoms with Crippen LogP contribution in [0.15, 0.2) is 29.3 Å². The van der Waals surface area contributed by atoms with E-state index >= 15 is 0 Å². The van der Waals surface area contributed by atoms with Crippen molar-refractivity contribution >= 4 is 11.6 Å². The van der Waals surface area contributed by atoms with Crippen molar-refractivity contribution in [2.45, 2.75) is 26.2 Å². The summed E-state index contributed by atoms with van der Waals surface area (Å²) in [5.74, 6) is 1.28. The Labute approximate surface area is 126 Å². The Morgan fingerprint density at radius 1 is 1.33 bits per heavy atom. The molecular formula is C16H25N3O2. The molecule has 0 heterocycles. The Balaban J connectivity index is 1.80. The lowest BCUT2D eigenvalue weighted by Gasteiger charge is -2.13. The van der Waals surface area contributed by atoms with Gasteiger partial charge in [-0.15, -0.1) is 0 Å². The summed E-state index contributed by atoms with van der Waals surface area (Å²) in [5, 5.41) is 3.10. The molecule has 1 aromatic carbocycles. The molecule has 0 atom stereocenters. The third-order valence-electron chi connectivity index (χ3n) is 3.89. The van der Waals surface area contributed by atoms with Crippen LogP contribution in [0.5, 0.6) is 5.75 Å². The highest BCUT2D eigenvalue weighted by Crippen LogP contribution is 2.48. The van der Waals surface area contributed by atoms with Crippen LogP contribution in [0.1, 0.15) is 26.2 Å². The molecule has 0 saturated heterocycles. The number of nitrogens with zero attached hydrogens (tertiary/aromatic N) is 1. The fourth-order valence-electron chi connectivity index (χ4n) is 2.21. The van der Waals surface area contributed by atoms with Gasteiger partial charge in [-0.05, 0) is 55.9 Å². The maximum atomic E-state index is 5.94. The van der Waals surface area contributed by atoms with Crippen LogP contribution >= 0.6 is 0 Å². The minimum absolute atomic E-state index is 0.321. The summed E-state index contributed by atoms with van der Waals surface area (Å²) in [7, 11) is 1.65. The number of guanidine groups is 1. The van der Waals surface area contributed by atoms with Crippen molar-refractivity contribution in [2.24, 2.45) is 16.1 Å². The topological polar surface area (TPSA) is 68.9 Å². The van der Waals surface area contributed by atoms with Crippen LogP contribution in [0, 0.1) is 5.41 Å². The molecule has 0 aromatic heterocycles. The van der Waals surface area contributed by atoms with Crippen LogP contribution in [0.3, 0.4) is 0 Å². The number of benzene rings is 1. The van der Waals surface area contributed by atoms with E-state index in [9.17, 15) is 0 Å². The van der Waals surface area contributed by atoms with Gasteiger partial charge in [0.2, 0.25) is 0 Å². The summed E-state index contributed by atoms with van der Waals surface area (Å²) in [6, 6.07) is 7.62. The highest BCUT2D eigenvalue weighted by Gasteiger charge is 2.41. The molecule has 0 bridgehead atoms. The van der Waals surface area contributed by atoms with Gasteiger partial charge in [0.15, 0.2) is 5.96 Å². The number of anilines is 1. The highest BCUT2D eigenvalue weighted by molar-refractivity contribution is 5.92. The Hall–Kier alpha value is -1.75. The molecule has 0 amide bonds. The molecule has 2 rings (SSSR count). The largest absolute Gasteiger partial charge is 0.497 e. The van der Waals surface area contributed by atoms with Crippen molar-refractivity contribution < 1.29 is 9.47 Å². The minimum Gasteiger partial charge on any atom is -0.497 e. The lowest BCUT2D eigenvalue weighted by atomic mass is 10.0. The van der Waals surface area contributed by atoms with E-state index in [0.29, 0.717) is 11.4 Å². The maximum Gasteiger partial charge on any atom is 0.193 e. The average Bonchev–Trinajstić information content (AvgIpc) is 3.27. The zero-order valence-electron chi connectivity index (χ0n) is 12.9. The van der Waals surface area contributed by atoms with Gasteiger partial charge in [0.1, 0.15) is 5.75 Å². The third-order valence-corrected chi connectivity index (χ3v) is 3.89. The Morgan fingerprint density at radius 3 is 2.62 bits per heavy atom. The number of rotatable bonds is 8. The first-order chi connectivity index (χ1) is 10.2. The molecule has 1 aromatic rings. The second-order valence-corrected chi connectivity index (χ2v) is 5.50. The minimum atomic E-state index is 0.321. The number of aliphatic imine (C=N–C) groups is 1. The van der Waals surface area contributed by atoms with E-state index in [2.05, 4.69) is 10.3 Å². The molecule has 1 aliphatic carbocycles. The van der Waals surface area contributed by atoms with Crippen molar-refractivity contribution in [3.05, 3.63) is 24.3 Å². The lowest BCUT2D eigenvalue weighted by molar-refractivity contribution is 0.129. The fraction of sp³-hybridized carbons (Fsp3) is 0.562. The third kappa shape index (κ3) is 4.93. The van der Waals surface area contributed by atoms with E-state index in [0.717, 1.165) is 37.6 Å². The van der Waals surface area contributed by atoms with Gasteiger partial charge >= 0.3 is 0 Å².